The van der Waals surface area contributed by atoms with Crippen LogP contribution in [0, 0.1) is 0 Å². The number of benzene rings is 1. The summed E-state index contributed by atoms with van der Waals surface area (Å²) in [6, 6.07) is 3.99. The first-order chi connectivity index (χ1) is 11.1. The molecule has 4 rings (SSSR count). The number of hydrogen-bond donors (Lipinski definition) is 1. The van der Waals surface area contributed by atoms with Crippen molar-refractivity contribution in [2.75, 3.05) is 27.4 Å². The summed E-state index contributed by atoms with van der Waals surface area (Å²) in [5, 5.41) is 9.53. The third-order valence-corrected chi connectivity index (χ3v) is 5.46. The second-order valence-corrected chi connectivity index (χ2v) is 6.42. The molecule has 1 aromatic rings. The second kappa shape index (κ2) is 5.11. The Bertz CT molecular complexity index is 661. The van der Waals surface area contributed by atoms with Gasteiger partial charge in [0.25, 0.3) is 0 Å². The van der Waals surface area contributed by atoms with Gasteiger partial charge in [-0.05, 0) is 29.7 Å². The van der Waals surface area contributed by atoms with E-state index in [1.807, 2.05) is 17.0 Å². The van der Waals surface area contributed by atoms with Crippen LogP contribution < -0.4 is 9.47 Å². The van der Waals surface area contributed by atoms with Gasteiger partial charge in [-0.25, -0.2) is 0 Å². The molecular weight excluding hydrogens is 298 g/mol. The average molecular weight is 319 g/mol. The molecule has 2 unspecified atom stereocenters. The minimum atomic E-state index is -0.475. The van der Waals surface area contributed by atoms with Crippen LogP contribution >= 0.6 is 0 Å². The number of ether oxygens (including phenoxy) is 3. The van der Waals surface area contributed by atoms with Crippen LogP contribution in [0.5, 0.6) is 11.5 Å². The highest BCUT2D eigenvalue weighted by atomic mass is 16.5. The fourth-order valence-electron chi connectivity index (χ4n) is 4.49. The highest BCUT2D eigenvalue weighted by Crippen LogP contribution is 2.54. The fraction of sp³-hybridized carbons (Fsp3) is 0.588. The molecule has 124 valence electrons. The highest BCUT2D eigenvalue weighted by Gasteiger charge is 2.61. The lowest BCUT2D eigenvalue weighted by Gasteiger charge is -2.43. The summed E-state index contributed by atoms with van der Waals surface area (Å²) in [5.74, 6) is 1.49. The smallest absolute Gasteiger partial charge is 0.226 e. The predicted octanol–water partition coefficient (Wildman–Crippen LogP) is 0.837. The molecule has 0 saturated carbocycles. The summed E-state index contributed by atoms with van der Waals surface area (Å²) in [6.07, 6.45) is 1.37. The van der Waals surface area contributed by atoms with Gasteiger partial charge in [-0.15, -0.1) is 0 Å². The van der Waals surface area contributed by atoms with Gasteiger partial charge in [-0.1, -0.05) is 0 Å². The molecular formula is C17H21NO5. The number of carbonyl (C=O) groups excluding carboxylic acids is 1. The topological polar surface area (TPSA) is 68.2 Å². The SMILES string of the molecule is COc1cc2c(cc1OC)C13C[C@@H](CO)OC1CC(=O)N3CC2. The molecule has 1 aromatic carbocycles. The summed E-state index contributed by atoms with van der Waals surface area (Å²) >= 11 is 0. The van der Waals surface area contributed by atoms with Crippen LogP contribution in [0.4, 0.5) is 0 Å². The van der Waals surface area contributed by atoms with E-state index in [-0.39, 0.29) is 24.7 Å². The molecule has 23 heavy (non-hydrogen) atoms. The van der Waals surface area contributed by atoms with Crippen molar-refractivity contribution in [2.24, 2.45) is 0 Å². The van der Waals surface area contributed by atoms with Crippen molar-refractivity contribution < 1.29 is 24.1 Å². The Hall–Kier alpha value is -1.79. The zero-order valence-electron chi connectivity index (χ0n) is 13.4. The number of hydrogen-bond acceptors (Lipinski definition) is 5. The zero-order valence-corrected chi connectivity index (χ0v) is 13.4. The van der Waals surface area contributed by atoms with E-state index in [1.54, 1.807) is 14.2 Å². The number of amides is 1. The lowest BCUT2D eigenvalue weighted by molar-refractivity contribution is -0.132. The van der Waals surface area contributed by atoms with E-state index in [1.165, 1.54) is 5.56 Å². The predicted molar refractivity (Wildman–Crippen MR) is 81.6 cm³/mol. The second-order valence-electron chi connectivity index (χ2n) is 6.42. The Morgan fingerprint density at radius 1 is 1.35 bits per heavy atom. The quantitative estimate of drug-likeness (QED) is 0.894. The maximum absolute atomic E-state index is 12.4. The summed E-state index contributed by atoms with van der Waals surface area (Å²) in [7, 11) is 3.24. The Morgan fingerprint density at radius 3 is 2.78 bits per heavy atom. The van der Waals surface area contributed by atoms with Crippen molar-refractivity contribution in [2.45, 2.75) is 37.0 Å². The van der Waals surface area contributed by atoms with Crippen LogP contribution in [0.25, 0.3) is 0 Å². The summed E-state index contributed by atoms with van der Waals surface area (Å²) in [4.78, 5) is 14.4. The van der Waals surface area contributed by atoms with Gasteiger partial charge < -0.3 is 24.2 Å². The normalized spacial score (nSPS) is 31.6. The van der Waals surface area contributed by atoms with Gasteiger partial charge in [-0.2, -0.15) is 0 Å². The van der Waals surface area contributed by atoms with E-state index in [2.05, 4.69) is 0 Å². The summed E-state index contributed by atoms with van der Waals surface area (Å²) in [6.45, 7) is 0.655. The first kappa shape index (κ1) is 14.8. The Labute approximate surface area is 134 Å². The van der Waals surface area contributed by atoms with E-state index in [0.717, 1.165) is 12.0 Å². The van der Waals surface area contributed by atoms with Crippen molar-refractivity contribution in [3.8, 4) is 11.5 Å². The number of carbonyl (C=O) groups is 1. The van der Waals surface area contributed by atoms with Crippen molar-refractivity contribution in [1.29, 1.82) is 0 Å². The number of rotatable bonds is 3. The number of nitrogens with zero attached hydrogens (tertiary/aromatic N) is 1. The molecule has 2 saturated heterocycles. The molecule has 1 spiro atoms. The molecule has 3 atom stereocenters. The molecule has 3 heterocycles. The number of fused-ring (bicyclic) bond motifs is 1. The summed E-state index contributed by atoms with van der Waals surface area (Å²) in [5.41, 5.74) is 1.77. The average Bonchev–Trinajstić information content (AvgIpc) is 3.05. The number of methoxy groups -OCH3 is 2. The van der Waals surface area contributed by atoms with Gasteiger partial charge in [0.2, 0.25) is 5.91 Å². The van der Waals surface area contributed by atoms with E-state index in [9.17, 15) is 9.90 Å². The van der Waals surface area contributed by atoms with Crippen molar-refractivity contribution in [3.63, 3.8) is 0 Å². The molecule has 6 heteroatoms. The molecule has 0 aromatic heterocycles. The third-order valence-electron chi connectivity index (χ3n) is 5.46. The van der Waals surface area contributed by atoms with Crippen LogP contribution in [0.3, 0.4) is 0 Å². The summed E-state index contributed by atoms with van der Waals surface area (Å²) < 4.78 is 16.8. The lowest BCUT2D eigenvalue weighted by Crippen LogP contribution is -2.50. The monoisotopic (exact) mass is 319 g/mol. The van der Waals surface area contributed by atoms with Crippen LogP contribution in [0.2, 0.25) is 0 Å². The van der Waals surface area contributed by atoms with Crippen molar-refractivity contribution in [3.05, 3.63) is 23.3 Å². The van der Waals surface area contributed by atoms with Crippen molar-refractivity contribution >= 4 is 5.91 Å². The van der Waals surface area contributed by atoms with Crippen LogP contribution in [0.1, 0.15) is 24.0 Å². The van der Waals surface area contributed by atoms with E-state index >= 15 is 0 Å². The minimum Gasteiger partial charge on any atom is -0.493 e. The number of aliphatic hydroxyl groups excluding tert-OH is 1. The van der Waals surface area contributed by atoms with E-state index in [0.29, 0.717) is 30.9 Å². The van der Waals surface area contributed by atoms with Gasteiger partial charge in [0.15, 0.2) is 11.5 Å². The maximum Gasteiger partial charge on any atom is 0.226 e. The molecule has 0 radical (unpaired) electrons. The molecule has 2 fully saturated rings. The maximum atomic E-state index is 12.4. The minimum absolute atomic E-state index is 0.0249. The fourth-order valence-corrected chi connectivity index (χ4v) is 4.49. The molecule has 3 aliphatic rings. The lowest BCUT2D eigenvalue weighted by atomic mass is 9.77. The molecule has 6 nitrogen and oxygen atoms in total. The van der Waals surface area contributed by atoms with Gasteiger partial charge >= 0.3 is 0 Å². The molecule has 1 N–H and O–H groups in total. The molecule has 1 amide bonds. The van der Waals surface area contributed by atoms with E-state index < -0.39 is 5.54 Å². The Morgan fingerprint density at radius 2 is 2.09 bits per heavy atom. The van der Waals surface area contributed by atoms with Gasteiger partial charge in [0.1, 0.15) is 0 Å². The van der Waals surface area contributed by atoms with Crippen molar-refractivity contribution in [1.82, 2.24) is 4.90 Å². The Kier molecular flexibility index (Phi) is 3.28. The van der Waals surface area contributed by atoms with Crippen LogP contribution in [-0.4, -0.2) is 55.5 Å². The Balaban J connectivity index is 1.89. The zero-order chi connectivity index (χ0) is 16.2. The van der Waals surface area contributed by atoms with E-state index in [4.69, 9.17) is 14.2 Å². The molecule has 0 bridgehead atoms. The largest absolute Gasteiger partial charge is 0.493 e. The van der Waals surface area contributed by atoms with Crippen LogP contribution in [0.15, 0.2) is 12.1 Å². The number of aliphatic hydroxyl groups is 1. The van der Waals surface area contributed by atoms with Gasteiger partial charge in [-0.3, -0.25) is 4.79 Å². The van der Waals surface area contributed by atoms with Gasteiger partial charge in [0, 0.05) is 13.0 Å². The van der Waals surface area contributed by atoms with Crippen LogP contribution in [-0.2, 0) is 21.5 Å². The highest BCUT2D eigenvalue weighted by molar-refractivity contribution is 5.82. The first-order valence-corrected chi connectivity index (χ1v) is 7.96. The molecule has 3 aliphatic heterocycles. The third kappa shape index (κ3) is 1.85. The standard InChI is InChI=1S/C17H21NO5/c1-21-13-5-10-3-4-18-16(20)7-15-17(18,8-11(9-19)23-15)12(10)6-14(13)22-2/h5-6,11,15,19H,3-4,7-9H2,1-2H3/t11-,15?,17?/m0/s1. The van der Waals surface area contributed by atoms with Gasteiger partial charge in [0.05, 0.1) is 45.0 Å². The molecule has 0 aliphatic carbocycles. The first-order valence-electron chi connectivity index (χ1n) is 7.96.